The van der Waals surface area contributed by atoms with Crippen LogP contribution in [0.4, 0.5) is 5.69 Å². The molecule has 1 amide bonds. The third-order valence-corrected chi connectivity index (χ3v) is 3.98. The van der Waals surface area contributed by atoms with Crippen LogP contribution in [-0.2, 0) is 18.4 Å². The molecule has 2 aromatic heterocycles. The van der Waals surface area contributed by atoms with E-state index in [4.69, 9.17) is 16.9 Å². The number of aryl methyl sites for hydroxylation is 2. The van der Waals surface area contributed by atoms with Gasteiger partial charge in [-0.25, -0.2) is 4.98 Å². The smallest absolute Gasteiger partial charge is 0.264 e. The maximum Gasteiger partial charge on any atom is 0.264 e. The molecule has 8 nitrogen and oxygen atoms in total. The fourth-order valence-electron chi connectivity index (χ4n) is 2.35. The van der Waals surface area contributed by atoms with Crippen LogP contribution in [0.15, 0.2) is 35.5 Å². The zero-order valence-electron chi connectivity index (χ0n) is 13.2. The minimum Gasteiger partial charge on any atom is -0.326 e. The first-order valence-electron chi connectivity index (χ1n) is 7.36. The summed E-state index contributed by atoms with van der Waals surface area (Å²) in [5.41, 5.74) is 1.08. The number of amides is 1. The molecule has 3 rings (SSSR count). The molecule has 0 aliphatic heterocycles. The highest BCUT2D eigenvalue weighted by atomic mass is 35.5. The van der Waals surface area contributed by atoms with E-state index in [0.717, 1.165) is 0 Å². The number of nitriles is 1. The minimum absolute atomic E-state index is 0.0883. The molecule has 0 atom stereocenters. The molecule has 1 N–H and O–H groups in total. The Kier molecular flexibility index (Phi) is 4.50. The van der Waals surface area contributed by atoms with E-state index >= 15 is 0 Å². The number of benzene rings is 1. The van der Waals surface area contributed by atoms with Crippen molar-refractivity contribution in [3.63, 3.8) is 0 Å². The molecule has 0 aliphatic carbocycles. The number of anilines is 1. The lowest BCUT2D eigenvalue weighted by atomic mass is 10.2. The number of aromatic nitrogens is 4. The number of rotatable bonds is 4. The van der Waals surface area contributed by atoms with Crippen LogP contribution >= 0.6 is 11.6 Å². The molecular formula is C16H13ClN6O2. The molecule has 25 heavy (non-hydrogen) atoms. The van der Waals surface area contributed by atoms with Crippen LogP contribution in [0.1, 0.15) is 12.0 Å². The lowest BCUT2D eigenvalue weighted by molar-refractivity contribution is -0.116. The second-order valence-corrected chi connectivity index (χ2v) is 5.76. The molecule has 1 aromatic carbocycles. The molecule has 126 valence electrons. The topological polar surface area (TPSA) is 106 Å². The second kappa shape index (κ2) is 6.75. The number of nitrogens with one attached hydrogen (secondary N) is 1. The molecule has 0 spiro atoms. The van der Waals surface area contributed by atoms with E-state index in [0.29, 0.717) is 22.3 Å². The molecule has 0 aliphatic rings. The molecule has 3 aromatic rings. The number of carbonyl (C=O) groups is 1. The SMILES string of the molecule is Cn1ncc2c(=O)n(CCC(=O)Nc3ccc(C#N)c(Cl)c3)cnc21. The van der Waals surface area contributed by atoms with Crippen LogP contribution in [-0.4, -0.2) is 25.2 Å². The minimum atomic E-state index is -0.279. The Morgan fingerprint density at radius 1 is 1.44 bits per heavy atom. The predicted molar refractivity (Wildman–Crippen MR) is 92.2 cm³/mol. The largest absolute Gasteiger partial charge is 0.326 e. The summed E-state index contributed by atoms with van der Waals surface area (Å²) in [4.78, 5) is 28.6. The second-order valence-electron chi connectivity index (χ2n) is 5.35. The first-order valence-corrected chi connectivity index (χ1v) is 7.74. The van der Waals surface area contributed by atoms with Crippen molar-refractivity contribution in [2.24, 2.45) is 7.05 Å². The average molecular weight is 357 g/mol. The van der Waals surface area contributed by atoms with Gasteiger partial charge in [-0.15, -0.1) is 0 Å². The van der Waals surface area contributed by atoms with E-state index < -0.39 is 0 Å². The maximum absolute atomic E-state index is 12.3. The van der Waals surface area contributed by atoms with Crippen molar-refractivity contribution in [1.82, 2.24) is 19.3 Å². The van der Waals surface area contributed by atoms with Gasteiger partial charge >= 0.3 is 0 Å². The Morgan fingerprint density at radius 3 is 2.96 bits per heavy atom. The molecule has 2 heterocycles. The Hall–Kier alpha value is -3.18. The van der Waals surface area contributed by atoms with Crippen molar-refractivity contribution in [1.29, 1.82) is 5.26 Å². The molecule has 0 unspecified atom stereocenters. The van der Waals surface area contributed by atoms with Crippen LogP contribution in [0.5, 0.6) is 0 Å². The summed E-state index contributed by atoms with van der Waals surface area (Å²) >= 11 is 5.93. The van der Waals surface area contributed by atoms with Crippen LogP contribution in [0, 0.1) is 11.3 Å². The number of hydrogen-bond acceptors (Lipinski definition) is 5. The first kappa shape index (κ1) is 16.7. The highest BCUT2D eigenvalue weighted by Gasteiger charge is 2.10. The molecule has 0 saturated heterocycles. The first-order chi connectivity index (χ1) is 12.0. The summed E-state index contributed by atoms with van der Waals surface area (Å²) < 4.78 is 2.89. The molecule has 9 heteroatoms. The van der Waals surface area contributed by atoms with Crippen molar-refractivity contribution in [2.75, 3.05) is 5.32 Å². The summed E-state index contributed by atoms with van der Waals surface area (Å²) in [5, 5.41) is 16.2. The summed E-state index contributed by atoms with van der Waals surface area (Å²) in [7, 11) is 1.70. The fourth-order valence-corrected chi connectivity index (χ4v) is 2.58. The zero-order chi connectivity index (χ0) is 18.0. The van der Waals surface area contributed by atoms with Gasteiger partial charge in [-0.1, -0.05) is 11.6 Å². The van der Waals surface area contributed by atoms with Gasteiger partial charge in [0.2, 0.25) is 5.91 Å². The normalized spacial score (nSPS) is 10.6. The van der Waals surface area contributed by atoms with Gasteiger partial charge in [0.05, 0.1) is 23.1 Å². The highest BCUT2D eigenvalue weighted by molar-refractivity contribution is 6.32. The van der Waals surface area contributed by atoms with E-state index in [2.05, 4.69) is 15.4 Å². The lowest BCUT2D eigenvalue weighted by Crippen LogP contribution is -2.23. The standard InChI is InChI=1S/C16H13ClN6O2/c1-22-15-12(8-20-22)16(25)23(9-19-15)5-4-14(24)21-11-3-2-10(7-18)13(17)6-11/h2-3,6,8-9H,4-5H2,1H3,(H,21,24). The van der Waals surface area contributed by atoms with E-state index in [9.17, 15) is 9.59 Å². The van der Waals surface area contributed by atoms with Crippen LogP contribution in [0.2, 0.25) is 5.02 Å². The van der Waals surface area contributed by atoms with E-state index in [1.54, 1.807) is 13.1 Å². The van der Waals surface area contributed by atoms with Crippen molar-refractivity contribution in [3.8, 4) is 6.07 Å². The van der Waals surface area contributed by atoms with Crippen LogP contribution in [0.3, 0.4) is 0 Å². The fraction of sp³-hybridized carbons (Fsp3) is 0.188. The van der Waals surface area contributed by atoms with Gasteiger partial charge < -0.3 is 5.32 Å². The molecular weight excluding hydrogens is 344 g/mol. The van der Waals surface area contributed by atoms with Gasteiger partial charge in [0.15, 0.2) is 5.65 Å². The maximum atomic E-state index is 12.3. The number of hydrogen-bond donors (Lipinski definition) is 1. The predicted octanol–water partition coefficient (Wildman–Crippen LogP) is 1.68. The zero-order valence-corrected chi connectivity index (χ0v) is 14.0. The van der Waals surface area contributed by atoms with E-state index in [1.165, 1.54) is 33.9 Å². The summed E-state index contributed by atoms with van der Waals surface area (Å²) in [6, 6.07) is 6.58. The molecule has 0 saturated carbocycles. The van der Waals surface area contributed by atoms with E-state index in [-0.39, 0.29) is 29.5 Å². The van der Waals surface area contributed by atoms with Crippen molar-refractivity contribution < 1.29 is 4.79 Å². The van der Waals surface area contributed by atoms with Gasteiger partial charge in [-0.2, -0.15) is 10.4 Å². The van der Waals surface area contributed by atoms with Gasteiger partial charge in [-0.3, -0.25) is 18.8 Å². The Bertz CT molecular complexity index is 1060. The summed E-state index contributed by atoms with van der Waals surface area (Å²) in [5.74, 6) is -0.279. The van der Waals surface area contributed by atoms with Crippen LogP contribution in [0.25, 0.3) is 11.0 Å². The van der Waals surface area contributed by atoms with Crippen molar-refractivity contribution >= 4 is 34.2 Å². The van der Waals surface area contributed by atoms with Crippen molar-refractivity contribution in [3.05, 3.63) is 51.7 Å². The number of halogens is 1. The molecule has 0 fully saturated rings. The monoisotopic (exact) mass is 356 g/mol. The number of fused-ring (bicyclic) bond motifs is 1. The third kappa shape index (κ3) is 3.36. The third-order valence-electron chi connectivity index (χ3n) is 3.67. The van der Waals surface area contributed by atoms with Gasteiger partial charge in [-0.05, 0) is 18.2 Å². The van der Waals surface area contributed by atoms with E-state index in [1.807, 2.05) is 6.07 Å². The van der Waals surface area contributed by atoms with Crippen LogP contribution < -0.4 is 10.9 Å². The lowest BCUT2D eigenvalue weighted by Gasteiger charge is -2.08. The van der Waals surface area contributed by atoms with Gasteiger partial charge in [0.1, 0.15) is 11.5 Å². The van der Waals surface area contributed by atoms with Crippen molar-refractivity contribution in [2.45, 2.75) is 13.0 Å². The van der Waals surface area contributed by atoms with Gasteiger partial charge in [0, 0.05) is 25.7 Å². The van der Waals surface area contributed by atoms with Gasteiger partial charge in [0.25, 0.3) is 5.56 Å². The molecule has 0 radical (unpaired) electrons. The quantitative estimate of drug-likeness (QED) is 0.765. The Labute approximate surface area is 147 Å². The Morgan fingerprint density at radius 2 is 2.24 bits per heavy atom. The highest BCUT2D eigenvalue weighted by Crippen LogP contribution is 2.20. The number of carbonyl (C=O) groups excluding carboxylic acids is 1. The number of nitrogens with zero attached hydrogens (tertiary/aromatic N) is 5. The Balaban J connectivity index is 1.68. The molecule has 0 bridgehead atoms. The summed E-state index contributed by atoms with van der Waals surface area (Å²) in [6.45, 7) is 0.187. The summed E-state index contributed by atoms with van der Waals surface area (Å²) in [6.07, 6.45) is 2.95. The average Bonchev–Trinajstić information content (AvgIpc) is 2.96.